The molecule has 6 rings (SSSR count). The average Bonchev–Trinajstić information content (AvgIpc) is 3.06. The van der Waals surface area contributed by atoms with Gasteiger partial charge in [0.25, 0.3) is 26.1 Å². The van der Waals surface area contributed by atoms with Crippen LogP contribution in [-0.2, 0) is 20.2 Å². The number of benzene rings is 6. The van der Waals surface area contributed by atoms with Crippen molar-refractivity contribution in [2.24, 2.45) is 20.5 Å². The molecule has 6 aromatic carbocycles. The van der Waals surface area contributed by atoms with Crippen LogP contribution in [-0.4, -0.2) is 37.0 Å². The van der Waals surface area contributed by atoms with Crippen molar-refractivity contribution in [2.45, 2.75) is 16.7 Å². The summed E-state index contributed by atoms with van der Waals surface area (Å²) in [6.07, 6.45) is 0. The van der Waals surface area contributed by atoms with Crippen molar-refractivity contribution < 1.29 is 65.4 Å². The third-order valence-electron chi connectivity index (χ3n) is 7.57. The first kappa shape index (κ1) is 37.2. The van der Waals surface area contributed by atoms with Gasteiger partial charge in [-0.05, 0) is 120 Å². The van der Waals surface area contributed by atoms with Gasteiger partial charge < -0.3 is 16.2 Å². The maximum Gasteiger partial charge on any atom is 1.00 e. The number of carbonyl (C=O) groups is 1. The Kier molecular flexibility index (Phi) is 10.7. The van der Waals surface area contributed by atoms with Crippen molar-refractivity contribution in [2.75, 3.05) is 11.1 Å². The first-order valence-electron chi connectivity index (χ1n) is 14.6. The van der Waals surface area contributed by atoms with Crippen molar-refractivity contribution >= 4 is 81.8 Å². The quantitative estimate of drug-likeness (QED) is 0.0600. The van der Waals surface area contributed by atoms with Crippen LogP contribution in [0.3, 0.4) is 0 Å². The van der Waals surface area contributed by atoms with Crippen molar-refractivity contribution in [3.63, 3.8) is 0 Å². The Hall–Kier alpha value is -5.07. The molecular formula is C34H26N6NaO8S2+. The van der Waals surface area contributed by atoms with Gasteiger partial charge >= 0.3 is 29.6 Å². The summed E-state index contributed by atoms with van der Waals surface area (Å²) in [5.41, 5.74) is 8.46. The van der Waals surface area contributed by atoms with Crippen molar-refractivity contribution in [1.82, 2.24) is 0 Å². The third-order valence-corrected chi connectivity index (χ3v) is 9.29. The molecule has 0 heterocycles. The number of nitrogens with two attached hydrogens (primary N) is 1. The molecule has 0 saturated carbocycles. The van der Waals surface area contributed by atoms with Gasteiger partial charge in [0, 0.05) is 22.3 Å². The van der Waals surface area contributed by atoms with Gasteiger partial charge in [0.05, 0.1) is 22.0 Å². The molecule has 0 saturated heterocycles. The largest absolute Gasteiger partial charge is 1.00 e. The Morgan fingerprint density at radius 2 is 1.31 bits per heavy atom. The number of phenolic OH excluding ortho intramolecular Hbond substituents is 1. The fourth-order valence-corrected chi connectivity index (χ4v) is 6.20. The van der Waals surface area contributed by atoms with E-state index in [0.717, 1.165) is 6.07 Å². The van der Waals surface area contributed by atoms with Crippen LogP contribution in [0.25, 0.3) is 21.5 Å². The minimum absolute atomic E-state index is 0. The number of carbonyl (C=O) groups excluding carboxylic acids is 1. The molecule has 14 nitrogen and oxygen atoms in total. The second-order valence-electron chi connectivity index (χ2n) is 11.1. The van der Waals surface area contributed by atoms with Crippen LogP contribution in [0.5, 0.6) is 5.75 Å². The summed E-state index contributed by atoms with van der Waals surface area (Å²) in [7, 11) is -9.30. The summed E-state index contributed by atoms with van der Waals surface area (Å²) in [6.45, 7) is 1.79. The van der Waals surface area contributed by atoms with Crippen LogP contribution in [0.2, 0.25) is 0 Å². The van der Waals surface area contributed by atoms with Crippen molar-refractivity contribution in [3.8, 4) is 5.75 Å². The normalized spacial score (nSPS) is 12.1. The van der Waals surface area contributed by atoms with E-state index in [4.69, 9.17) is 5.73 Å². The molecule has 0 bridgehead atoms. The topological polar surface area (TPSA) is 234 Å². The predicted molar refractivity (Wildman–Crippen MR) is 188 cm³/mol. The number of aromatic hydroxyl groups is 1. The number of rotatable bonds is 8. The number of aryl methyl sites for hydroxylation is 1. The Bertz CT molecular complexity index is 2630. The molecular weight excluding hydrogens is 708 g/mol. The number of phenols is 1. The summed E-state index contributed by atoms with van der Waals surface area (Å²) < 4.78 is 66.9. The van der Waals surface area contributed by atoms with Crippen LogP contribution in [0.15, 0.2) is 133 Å². The van der Waals surface area contributed by atoms with Gasteiger partial charge in [-0.25, -0.2) is 0 Å². The Balaban J connectivity index is 0.00000504. The third kappa shape index (κ3) is 8.46. The number of nitrogens with zero attached hydrogens (tertiary/aromatic N) is 4. The zero-order valence-corrected chi connectivity index (χ0v) is 30.5. The SMILES string of the molecule is Cc1cc(NC(=O)c2ccc(N)cc2)ccc1N=Nc1ccc2c(O)c(N=Nc3ccc4cc(S(=O)(=O)O)ccc4c3)c(S(=O)(=O)O)cc2c1.[Na+]. The van der Waals surface area contributed by atoms with Crippen LogP contribution in [0, 0.1) is 6.92 Å². The van der Waals surface area contributed by atoms with Crippen LogP contribution in [0.1, 0.15) is 15.9 Å². The van der Waals surface area contributed by atoms with Crippen LogP contribution in [0.4, 0.5) is 34.1 Å². The Labute approximate surface area is 313 Å². The molecule has 0 fully saturated rings. The van der Waals surface area contributed by atoms with Crippen LogP contribution >= 0.6 is 0 Å². The zero-order chi connectivity index (χ0) is 35.8. The standard InChI is InChI=1S/C34H26N6O8S2.Na/c1-19-14-25(36-34(42)20-2-6-24(35)7-3-20)10-13-30(19)39-37-27-9-12-29-23(16-27)18-31(50(46,47)48)32(33(29)41)40-38-26-8-4-22-17-28(49(43,44)45)11-5-21(22)15-26;/h2-18,41H,35H2,1H3,(H,36,42)(H,43,44,45)(H,46,47,48);/q;+1. The number of hydrogen-bond donors (Lipinski definition) is 5. The molecule has 0 aliphatic heterocycles. The van der Waals surface area contributed by atoms with Gasteiger partial charge in [-0.2, -0.15) is 32.2 Å². The van der Waals surface area contributed by atoms with Gasteiger partial charge in [-0.3, -0.25) is 13.9 Å². The molecule has 0 aromatic heterocycles. The molecule has 0 aliphatic rings. The number of anilines is 2. The van der Waals surface area contributed by atoms with Crippen LogP contribution < -0.4 is 40.6 Å². The summed E-state index contributed by atoms with van der Waals surface area (Å²) >= 11 is 0. The minimum Gasteiger partial charge on any atom is -0.505 e. The first-order chi connectivity index (χ1) is 23.7. The molecule has 6 aromatic rings. The zero-order valence-electron chi connectivity index (χ0n) is 26.9. The van der Waals surface area contributed by atoms with E-state index in [1.54, 1.807) is 55.5 Å². The van der Waals surface area contributed by atoms with E-state index in [0.29, 0.717) is 44.6 Å². The van der Waals surface area contributed by atoms with E-state index < -0.39 is 36.6 Å². The first-order valence-corrected chi connectivity index (χ1v) is 17.4. The predicted octanol–water partition coefficient (Wildman–Crippen LogP) is 5.17. The molecule has 0 spiro atoms. The molecule has 17 heteroatoms. The monoisotopic (exact) mass is 733 g/mol. The number of azo groups is 2. The summed E-state index contributed by atoms with van der Waals surface area (Å²) in [5, 5.41) is 31.8. The van der Waals surface area contributed by atoms with E-state index >= 15 is 0 Å². The average molecular weight is 734 g/mol. The van der Waals surface area contributed by atoms with E-state index in [1.807, 2.05) is 0 Å². The number of nitrogens with one attached hydrogen (secondary N) is 1. The van der Waals surface area contributed by atoms with E-state index in [-0.39, 0.29) is 56.8 Å². The second kappa shape index (κ2) is 14.7. The molecule has 0 atom stereocenters. The Morgan fingerprint density at radius 1 is 0.686 bits per heavy atom. The van der Waals surface area contributed by atoms with E-state index in [1.165, 1.54) is 48.5 Å². The maximum atomic E-state index is 12.6. The van der Waals surface area contributed by atoms with Gasteiger partial charge in [0.15, 0.2) is 5.75 Å². The number of fused-ring (bicyclic) bond motifs is 2. The number of amides is 1. The molecule has 0 unspecified atom stereocenters. The van der Waals surface area contributed by atoms with Crippen molar-refractivity contribution in [3.05, 3.63) is 114 Å². The molecule has 1 amide bonds. The molecule has 6 N–H and O–H groups in total. The fourth-order valence-electron chi connectivity index (χ4n) is 5.03. The fraction of sp³-hybridized carbons (Fsp3) is 0.0294. The number of hydrogen-bond acceptors (Lipinski definition) is 11. The number of nitrogen functional groups attached to an aromatic ring is 1. The summed E-state index contributed by atoms with van der Waals surface area (Å²) in [6, 6.07) is 25.6. The van der Waals surface area contributed by atoms with Gasteiger partial charge in [-0.15, -0.1) is 5.11 Å². The van der Waals surface area contributed by atoms with E-state index in [9.17, 15) is 35.8 Å². The second-order valence-corrected chi connectivity index (χ2v) is 13.9. The Morgan fingerprint density at radius 3 is 1.98 bits per heavy atom. The van der Waals surface area contributed by atoms with Gasteiger partial charge in [0.1, 0.15) is 10.6 Å². The van der Waals surface area contributed by atoms with E-state index in [2.05, 4.69) is 25.8 Å². The van der Waals surface area contributed by atoms with Gasteiger partial charge in [-0.1, -0.05) is 12.1 Å². The van der Waals surface area contributed by atoms with Crippen molar-refractivity contribution in [1.29, 1.82) is 0 Å². The molecule has 0 aliphatic carbocycles. The summed E-state index contributed by atoms with van der Waals surface area (Å²) in [5.74, 6) is -0.867. The molecule has 252 valence electrons. The molecule has 0 radical (unpaired) electrons. The smallest absolute Gasteiger partial charge is 0.505 e. The maximum absolute atomic E-state index is 12.6. The molecule has 51 heavy (non-hydrogen) atoms. The van der Waals surface area contributed by atoms with Gasteiger partial charge in [0.2, 0.25) is 0 Å². The summed E-state index contributed by atoms with van der Waals surface area (Å²) in [4.78, 5) is 11.6. The minimum atomic E-state index is -4.90.